The second-order valence-corrected chi connectivity index (χ2v) is 6.53. The molecule has 0 radical (unpaired) electrons. The van der Waals surface area contributed by atoms with Crippen LogP contribution in [0.15, 0.2) is 42.5 Å². The van der Waals surface area contributed by atoms with E-state index in [1.165, 1.54) is 17.5 Å². The van der Waals surface area contributed by atoms with E-state index in [2.05, 4.69) is 34.6 Å². The van der Waals surface area contributed by atoms with Gasteiger partial charge in [0.2, 0.25) is 11.7 Å². The summed E-state index contributed by atoms with van der Waals surface area (Å²) in [6, 6.07) is 13.2. The van der Waals surface area contributed by atoms with Crippen LogP contribution in [0.3, 0.4) is 0 Å². The number of carbonyl (C=O) groups is 1. The van der Waals surface area contributed by atoms with Crippen molar-refractivity contribution in [3.63, 3.8) is 0 Å². The van der Waals surface area contributed by atoms with Gasteiger partial charge in [0.05, 0.1) is 19.9 Å². The van der Waals surface area contributed by atoms with Gasteiger partial charge in [0, 0.05) is 11.6 Å². The van der Waals surface area contributed by atoms with Crippen molar-refractivity contribution in [2.45, 2.75) is 26.3 Å². The van der Waals surface area contributed by atoms with Crippen molar-refractivity contribution >= 4 is 11.6 Å². The van der Waals surface area contributed by atoms with Gasteiger partial charge < -0.3 is 14.8 Å². The van der Waals surface area contributed by atoms with E-state index in [1.54, 1.807) is 25.3 Å². The smallest absolute Gasteiger partial charge is 0.248 e. The Bertz CT molecular complexity index is 951. The number of aromatic nitrogens is 4. The van der Waals surface area contributed by atoms with E-state index >= 15 is 0 Å². The van der Waals surface area contributed by atoms with E-state index in [0.29, 0.717) is 28.9 Å². The molecule has 3 aromatic rings. The quantitative estimate of drug-likeness (QED) is 0.676. The minimum Gasteiger partial charge on any atom is -0.497 e. The number of anilines is 1. The first kappa shape index (κ1) is 19.3. The van der Waals surface area contributed by atoms with Gasteiger partial charge in [0.1, 0.15) is 18.0 Å². The Balaban J connectivity index is 1.69. The lowest BCUT2D eigenvalue weighted by molar-refractivity contribution is -0.117. The summed E-state index contributed by atoms with van der Waals surface area (Å²) in [5, 5.41) is 15.1. The summed E-state index contributed by atoms with van der Waals surface area (Å²) in [5.41, 5.74) is 2.60. The SMILES string of the molecule is COc1ccc(OC)c(NC(=O)Cn2nnc(-c3ccc(C(C)C)cc3)n2)c1. The van der Waals surface area contributed by atoms with Crippen LogP contribution in [0.2, 0.25) is 0 Å². The fraction of sp³-hybridized carbons (Fsp3) is 0.300. The van der Waals surface area contributed by atoms with Crippen molar-refractivity contribution in [3.8, 4) is 22.9 Å². The molecule has 1 heterocycles. The number of amides is 1. The minimum atomic E-state index is -0.300. The first-order chi connectivity index (χ1) is 13.5. The van der Waals surface area contributed by atoms with Crippen molar-refractivity contribution in [2.75, 3.05) is 19.5 Å². The topological polar surface area (TPSA) is 91.2 Å². The van der Waals surface area contributed by atoms with Gasteiger partial charge in [-0.25, -0.2) is 0 Å². The molecule has 0 fully saturated rings. The van der Waals surface area contributed by atoms with Crippen LogP contribution in [0.1, 0.15) is 25.3 Å². The van der Waals surface area contributed by atoms with Crippen LogP contribution in [0.4, 0.5) is 5.69 Å². The summed E-state index contributed by atoms with van der Waals surface area (Å²) in [6.45, 7) is 4.20. The summed E-state index contributed by atoms with van der Waals surface area (Å²) >= 11 is 0. The van der Waals surface area contributed by atoms with Crippen LogP contribution in [-0.4, -0.2) is 40.3 Å². The molecular formula is C20H23N5O3. The number of nitrogens with zero attached hydrogens (tertiary/aromatic N) is 4. The van der Waals surface area contributed by atoms with Crippen molar-refractivity contribution < 1.29 is 14.3 Å². The molecule has 0 saturated heterocycles. The third-order valence-electron chi connectivity index (χ3n) is 4.25. The number of hydrogen-bond donors (Lipinski definition) is 1. The molecule has 8 heteroatoms. The summed E-state index contributed by atoms with van der Waals surface area (Å²) in [7, 11) is 3.09. The van der Waals surface area contributed by atoms with Crippen molar-refractivity contribution in [2.24, 2.45) is 0 Å². The van der Waals surface area contributed by atoms with Gasteiger partial charge in [-0.2, -0.15) is 4.80 Å². The molecule has 28 heavy (non-hydrogen) atoms. The van der Waals surface area contributed by atoms with E-state index in [-0.39, 0.29) is 12.5 Å². The Morgan fingerprint density at radius 2 is 1.86 bits per heavy atom. The first-order valence-corrected chi connectivity index (χ1v) is 8.90. The van der Waals surface area contributed by atoms with Crippen molar-refractivity contribution in [1.82, 2.24) is 20.2 Å². The van der Waals surface area contributed by atoms with E-state index in [4.69, 9.17) is 9.47 Å². The molecule has 8 nitrogen and oxygen atoms in total. The Labute approximate surface area is 163 Å². The van der Waals surface area contributed by atoms with Crippen LogP contribution >= 0.6 is 0 Å². The summed E-state index contributed by atoms with van der Waals surface area (Å²) in [4.78, 5) is 13.6. The van der Waals surface area contributed by atoms with Gasteiger partial charge in [0.15, 0.2) is 0 Å². The van der Waals surface area contributed by atoms with E-state index in [0.717, 1.165) is 5.56 Å². The van der Waals surface area contributed by atoms with Crippen LogP contribution in [0.25, 0.3) is 11.4 Å². The highest BCUT2D eigenvalue weighted by molar-refractivity contribution is 5.92. The zero-order chi connectivity index (χ0) is 20.1. The van der Waals surface area contributed by atoms with Gasteiger partial charge in [-0.3, -0.25) is 4.79 Å². The van der Waals surface area contributed by atoms with Crippen molar-refractivity contribution in [3.05, 3.63) is 48.0 Å². The predicted octanol–water partition coefficient (Wildman–Crippen LogP) is 3.12. The van der Waals surface area contributed by atoms with Crippen LogP contribution in [-0.2, 0) is 11.3 Å². The number of rotatable bonds is 7. The van der Waals surface area contributed by atoms with Crippen molar-refractivity contribution in [1.29, 1.82) is 0 Å². The van der Waals surface area contributed by atoms with Gasteiger partial charge in [0.25, 0.3) is 0 Å². The number of nitrogens with one attached hydrogen (secondary N) is 1. The molecule has 1 N–H and O–H groups in total. The molecule has 3 rings (SSSR count). The first-order valence-electron chi connectivity index (χ1n) is 8.90. The van der Waals surface area contributed by atoms with Gasteiger partial charge in [-0.05, 0) is 28.8 Å². The molecule has 0 saturated carbocycles. The lowest BCUT2D eigenvalue weighted by atomic mass is 10.0. The zero-order valence-corrected chi connectivity index (χ0v) is 16.3. The normalized spacial score (nSPS) is 10.8. The zero-order valence-electron chi connectivity index (χ0n) is 16.3. The standard InChI is InChI=1S/C20H23N5O3/c1-13(2)14-5-7-15(8-6-14)20-22-24-25(23-20)12-19(26)21-17-11-16(27-3)9-10-18(17)28-4/h5-11,13H,12H2,1-4H3,(H,21,26). The predicted molar refractivity (Wildman–Crippen MR) is 106 cm³/mol. The molecule has 0 aliphatic rings. The van der Waals surface area contributed by atoms with Gasteiger partial charge in [-0.1, -0.05) is 38.1 Å². The summed E-state index contributed by atoms with van der Waals surface area (Å²) in [6.07, 6.45) is 0. The molecule has 146 valence electrons. The van der Waals surface area contributed by atoms with E-state index < -0.39 is 0 Å². The maximum absolute atomic E-state index is 12.4. The molecule has 1 amide bonds. The highest BCUT2D eigenvalue weighted by Crippen LogP contribution is 2.28. The van der Waals surface area contributed by atoms with E-state index in [1.807, 2.05) is 24.3 Å². The van der Waals surface area contributed by atoms with Crippen LogP contribution < -0.4 is 14.8 Å². The van der Waals surface area contributed by atoms with Gasteiger partial charge in [-0.15, -0.1) is 10.2 Å². The highest BCUT2D eigenvalue weighted by atomic mass is 16.5. The number of carbonyl (C=O) groups excluding carboxylic acids is 1. The Kier molecular flexibility index (Phi) is 5.88. The Hall–Kier alpha value is -3.42. The molecule has 0 aliphatic heterocycles. The monoisotopic (exact) mass is 381 g/mol. The fourth-order valence-corrected chi connectivity index (χ4v) is 2.67. The average Bonchev–Trinajstić information content (AvgIpc) is 3.16. The third-order valence-corrected chi connectivity index (χ3v) is 4.25. The summed E-state index contributed by atoms with van der Waals surface area (Å²) in [5.74, 6) is 1.77. The number of benzene rings is 2. The largest absolute Gasteiger partial charge is 0.497 e. The molecule has 0 unspecified atom stereocenters. The average molecular weight is 381 g/mol. The fourth-order valence-electron chi connectivity index (χ4n) is 2.67. The lowest BCUT2D eigenvalue weighted by Crippen LogP contribution is -2.20. The molecule has 0 aliphatic carbocycles. The molecule has 1 aromatic heterocycles. The molecule has 0 spiro atoms. The highest BCUT2D eigenvalue weighted by Gasteiger charge is 2.13. The molecule has 2 aromatic carbocycles. The number of ether oxygens (including phenoxy) is 2. The molecule has 0 atom stereocenters. The lowest BCUT2D eigenvalue weighted by Gasteiger charge is -2.11. The third kappa shape index (κ3) is 4.46. The molecule has 0 bridgehead atoms. The Morgan fingerprint density at radius 3 is 2.50 bits per heavy atom. The minimum absolute atomic E-state index is 0.0720. The number of methoxy groups -OCH3 is 2. The number of hydrogen-bond acceptors (Lipinski definition) is 6. The second-order valence-electron chi connectivity index (χ2n) is 6.53. The van der Waals surface area contributed by atoms with Gasteiger partial charge >= 0.3 is 0 Å². The second kappa shape index (κ2) is 8.51. The number of tetrazole rings is 1. The summed E-state index contributed by atoms with van der Waals surface area (Å²) < 4.78 is 10.4. The van der Waals surface area contributed by atoms with E-state index in [9.17, 15) is 4.79 Å². The maximum atomic E-state index is 12.4. The maximum Gasteiger partial charge on any atom is 0.248 e. The molecular weight excluding hydrogens is 358 g/mol. The Morgan fingerprint density at radius 1 is 1.11 bits per heavy atom. The van der Waals surface area contributed by atoms with Crippen LogP contribution in [0, 0.1) is 0 Å². The van der Waals surface area contributed by atoms with Crippen LogP contribution in [0.5, 0.6) is 11.5 Å².